The number of fused-ring (bicyclic) bond motifs is 6. The molecule has 3 heteroatoms. The summed E-state index contributed by atoms with van der Waals surface area (Å²) in [6.45, 7) is 0. The molecule has 0 spiro atoms. The number of anilines is 3. The molecule has 2 heterocycles. The number of para-hydroxylation sites is 1. The van der Waals surface area contributed by atoms with Crippen molar-refractivity contribution < 1.29 is 8.83 Å². The van der Waals surface area contributed by atoms with Gasteiger partial charge in [0.05, 0.1) is 22.1 Å². The van der Waals surface area contributed by atoms with Crippen LogP contribution >= 0.6 is 0 Å². The molecule has 0 amide bonds. The van der Waals surface area contributed by atoms with Gasteiger partial charge in [0, 0.05) is 22.0 Å². The molecule has 11 rings (SSSR count). The largest absolute Gasteiger partial charge is 0.456 e. The lowest BCUT2D eigenvalue weighted by molar-refractivity contribution is 0.669. The van der Waals surface area contributed by atoms with Crippen molar-refractivity contribution >= 4 is 60.9 Å². The standard InChI is InChI=1S/C54H35NO2/c1-5-15-36(16-6-1)39-25-28-43(29-26-39)55(48-33-42(38-19-9-3-10-20-38)35-51-52(48)45-23-13-14-24-49(45)56-51)47-32-31-44(40-21-11-4-12-22-40)54-53(47)46-30-27-41(34-50(46)57-54)37-17-7-2-8-18-37/h1-35H. The summed E-state index contributed by atoms with van der Waals surface area (Å²) in [5, 5.41) is 4.21. The molecule has 268 valence electrons. The Kier molecular flexibility index (Phi) is 7.82. The van der Waals surface area contributed by atoms with Crippen LogP contribution in [0.4, 0.5) is 17.1 Å². The van der Waals surface area contributed by atoms with E-state index in [2.05, 4.69) is 211 Å². The average Bonchev–Trinajstić information content (AvgIpc) is 3.87. The van der Waals surface area contributed by atoms with E-state index < -0.39 is 0 Å². The minimum absolute atomic E-state index is 0.833. The number of furan rings is 2. The molecule has 57 heavy (non-hydrogen) atoms. The van der Waals surface area contributed by atoms with Gasteiger partial charge >= 0.3 is 0 Å². The third-order valence-corrected chi connectivity index (χ3v) is 11.1. The van der Waals surface area contributed by atoms with E-state index >= 15 is 0 Å². The van der Waals surface area contributed by atoms with Gasteiger partial charge in [-0.05, 0) is 93.5 Å². The molecule has 9 aromatic carbocycles. The van der Waals surface area contributed by atoms with Gasteiger partial charge in [-0.3, -0.25) is 0 Å². The van der Waals surface area contributed by atoms with Gasteiger partial charge in [-0.15, -0.1) is 0 Å². The van der Waals surface area contributed by atoms with Crippen molar-refractivity contribution in [2.75, 3.05) is 4.90 Å². The summed E-state index contributed by atoms with van der Waals surface area (Å²) >= 11 is 0. The normalized spacial score (nSPS) is 11.5. The van der Waals surface area contributed by atoms with Gasteiger partial charge in [-0.25, -0.2) is 0 Å². The van der Waals surface area contributed by atoms with Crippen molar-refractivity contribution in [1.29, 1.82) is 0 Å². The van der Waals surface area contributed by atoms with Crippen molar-refractivity contribution in [3.05, 3.63) is 212 Å². The number of rotatable bonds is 7. The molecular weight excluding hydrogens is 695 g/mol. The van der Waals surface area contributed by atoms with Crippen LogP contribution in [-0.2, 0) is 0 Å². The molecular formula is C54H35NO2. The van der Waals surface area contributed by atoms with Crippen LogP contribution in [0, 0.1) is 0 Å². The first-order chi connectivity index (χ1) is 28.3. The van der Waals surface area contributed by atoms with Crippen LogP contribution in [-0.4, -0.2) is 0 Å². The van der Waals surface area contributed by atoms with Crippen LogP contribution in [0.3, 0.4) is 0 Å². The third kappa shape index (κ3) is 5.68. The first kappa shape index (κ1) is 32.8. The summed E-state index contributed by atoms with van der Waals surface area (Å²) in [6.07, 6.45) is 0. The summed E-state index contributed by atoms with van der Waals surface area (Å²) in [5.41, 5.74) is 15.4. The topological polar surface area (TPSA) is 29.5 Å². The van der Waals surface area contributed by atoms with Crippen molar-refractivity contribution in [3.8, 4) is 44.5 Å². The number of benzene rings is 9. The van der Waals surface area contributed by atoms with Crippen LogP contribution in [0.25, 0.3) is 88.4 Å². The molecule has 0 aliphatic carbocycles. The van der Waals surface area contributed by atoms with Crippen molar-refractivity contribution in [1.82, 2.24) is 0 Å². The maximum atomic E-state index is 7.03. The van der Waals surface area contributed by atoms with E-state index in [4.69, 9.17) is 8.83 Å². The Bertz CT molecular complexity index is 3200. The van der Waals surface area contributed by atoms with E-state index in [1.165, 1.54) is 5.56 Å². The van der Waals surface area contributed by atoms with Crippen LogP contribution in [0.5, 0.6) is 0 Å². The summed E-state index contributed by atoms with van der Waals surface area (Å²) in [4.78, 5) is 2.41. The fourth-order valence-electron chi connectivity index (χ4n) is 8.35. The maximum Gasteiger partial charge on any atom is 0.145 e. The molecule has 3 nitrogen and oxygen atoms in total. The van der Waals surface area contributed by atoms with E-state index in [9.17, 15) is 0 Å². The van der Waals surface area contributed by atoms with Crippen LogP contribution in [0.2, 0.25) is 0 Å². The molecule has 0 aliphatic rings. The summed E-state index contributed by atoms with van der Waals surface area (Å²) in [5.74, 6) is 0. The summed E-state index contributed by atoms with van der Waals surface area (Å²) in [7, 11) is 0. The number of hydrogen-bond donors (Lipinski definition) is 0. The molecule has 0 bridgehead atoms. The zero-order valence-corrected chi connectivity index (χ0v) is 31.0. The van der Waals surface area contributed by atoms with Gasteiger partial charge in [0.1, 0.15) is 22.3 Å². The highest BCUT2D eigenvalue weighted by Gasteiger charge is 2.26. The van der Waals surface area contributed by atoms with Crippen molar-refractivity contribution in [3.63, 3.8) is 0 Å². The fraction of sp³-hybridized carbons (Fsp3) is 0. The van der Waals surface area contributed by atoms with Crippen LogP contribution in [0.1, 0.15) is 0 Å². The lowest BCUT2D eigenvalue weighted by Crippen LogP contribution is -2.11. The molecule has 0 aliphatic heterocycles. The maximum absolute atomic E-state index is 7.03. The van der Waals surface area contributed by atoms with Gasteiger partial charge in [0.25, 0.3) is 0 Å². The molecule has 0 saturated carbocycles. The number of hydrogen-bond acceptors (Lipinski definition) is 3. The number of nitrogens with zero attached hydrogens (tertiary/aromatic N) is 1. The Morgan fingerprint density at radius 3 is 1.51 bits per heavy atom. The van der Waals surface area contributed by atoms with Crippen LogP contribution < -0.4 is 4.90 Å². The second-order valence-electron chi connectivity index (χ2n) is 14.5. The highest BCUT2D eigenvalue weighted by Crippen LogP contribution is 2.50. The van der Waals surface area contributed by atoms with Gasteiger partial charge < -0.3 is 13.7 Å². The van der Waals surface area contributed by atoms with E-state index in [0.717, 1.165) is 99.9 Å². The second kappa shape index (κ2) is 13.6. The smallest absolute Gasteiger partial charge is 0.145 e. The zero-order chi connectivity index (χ0) is 37.7. The Hall–Kier alpha value is -7.62. The van der Waals surface area contributed by atoms with Crippen molar-refractivity contribution in [2.24, 2.45) is 0 Å². The predicted molar refractivity (Wildman–Crippen MR) is 237 cm³/mol. The molecule has 11 aromatic rings. The molecule has 0 N–H and O–H groups in total. The molecule has 0 atom stereocenters. The average molecular weight is 730 g/mol. The van der Waals surface area contributed by atoms with Gasteiger partial charge in [0.2, 0.25) is 0 Å². The molecule has 0 radical (unpaired) electrons. The van der Waals surface area contributed by atoms with Crippen LogP contribution in [0.15, 0.2) is 221 Å². The van der Waals surface area contributed by atoms with Gasteiger partial charge in [-0.2, -0.15) is 0 Å². The van der Waals surface area contributed by atoms with E-state index in [-0.39, 0.29) is 0 Å². The van der Waals surface area contributed by atoms with Gasteiger partial charge in [-0.1, -0.05) is 158 Å². The monoisotopic (exact) mass is 729 g/mol. The summed E-state index contributed by atoms with van der Waals surface area (Å²) < 4.78 is 13.7. The minimum Gasteiger partial charge on any atom is -0.456 e. The zero-order valence-electron chi connectivity index (χ0n) is 31.0. The van der Waals surface area contributed by atoms with E-state index in [1.54, 1.807) is 0 Å². The highest BCUT2D eigenvalue weighted by molar-refractivity contribution is 6.20. The van der Waals surface area contributed by atoms with Crippen molar-refractivity contribution in [2.45, 2.75) is 0 Å². The Balaban J connectivity index is 1.24. The minimum atomic E-state index is 0.833. The Morgan fingerprint density at radius 2 is 0.825 bits per heavy atom. The molecule has 0 unspecified atom stereocenters. The first-order valence-electron chi connectivity index (χ1n) is 19.3. The lowest BCUT2D eigenvalue weighted by atomic mass is 9.97. The summed E-state index contributed by atoms with van der Waals surface area (Å²) in [6, 6.07) is 75.0. The second-order valence-corrected chi connectivity index (χ2v) is 14.5. The first-order valence-corrected chi connectivity index (χ1v) is 19.3. The predicted octanol–water partition coefficient (Wildman–Crippen LogP) is 15.6. The lowest BCUT2D eigenvalue weighted by Gasteiger charge is -2.28. The van der Waals surface area contributed by atoms with Gasteiger partial charge in [0.15, 0.2) is 0 Å². The fourth-order valence-corrected chi connectivity index (χ4v) is 8.35. The Labute approximate surface area is 330 Å². The molecule has 2 aromatic heterocycles. The SMILES string of the molecule is c1ccc(-c2ccc(N(c3cc(-c4ccccc4)cc4oc5ccccc5c34)c3ccc(-c4ccccc4)c4oc5cc(-c6ccccc6)ccc5c34)cc2)cc1. The van der Waals surface area contributed by atoms with E-state index in [0.29, 0.717) is 0 Å². The quantitative estimate of drug-likeness (QED) is 0.164. The highest BCUT2D eigenvalue weighted by atomic mass is 16.3. The third-order valence-electron chi connectivity index (χ3n) is 11.1. The van der Waals surface area contributed by atoms with E-state index in [1.807, 2.05) is 6.07 Å². The molecule has 0 saturated heterocycles. The molecule has 0 fully saturated rings. The Morgan fingerprint density at radius 1 is 0.298 bits per heavy atom.